The number of amides is 1. The Labute approximate surface area is 219 Å². The Hall–Kier alpha value is -3.50. The lowest BCUT2D eigenvalue weighted by atomic mass is 9.90. The second-order valence-corrected chi connectivity index (χ2v) is 9.45. The second-order valence-electron chi connectivity index (χ2n) is 9.45. The van der Waals surface area contributed by atoms with E-state index in [1.165, 1.54) is 42.9 Å². The van der Waals surface area contributed by atoms with Gasteiger partial charge in [-0.2, -0.15) is 0 Å². The van der Waals surface area contributed by atoms with Gasteiger partial charge in [0.1, 0.15) is 13.3 Å². The highest BCUT2D eigenvalue weighted by Gasteiger charge is 2.33. The summed E-state index contributed by atoms with van der Waals surface area (Å²) in [5.41, 5.74) is 1.16. The van der Waals surface area contributed by atoms with E-state index in [9.17, 15) is 14.3 Å². The third-order valence-electron chi connectivity index (χ3n) is 6.59. The maximum atomic E-state index is 15.0. The summed E-state index contributed by atoms with van der Waals surface area (Å²) >= 11 is 0. The summed E-state index contributed by atoms with van der Waals surface area (Å²) in [6.45, 7) is 2.15. The molecule has 0 saturated carbocycles. The SMILES string of the molecule is Cc1ccc(NC(=O)c2ccncc2)c(C(C)(F)F)c1-c1ccnc(OCC(O)C2CCOC(CF)C2)c1. The molecule has 202 valence electrons. The number of benzene rings is 1. The summed E-state index contributed by atoms with van der Waals surface area (Å²) in [4.78, 5) is 20.8. The van der Waals surface area contributed by atoms with Gasteiger partial charge in [-0.05, 0) is 66.6 Å². The first-order chi connectivity index (χ1) is 18.2. The molecule has 0 spiro atoms. The van der Waals surface area contributed by atoms with Crippen molar-refractivity contribution >= 4 is 11.6 Å². The Morgan fingerprint density at radius 1 is 1.24 bits per heavy atom. The van der Waals surface area contributed by atoms with Crippen molar-refractivity contribution in [2.75, 3.05) is 25.2 Å². The molecule has 2 N–H and O–H groups in total. The fourth-order valence-corrected chi connectivity index (χ4v) is 4.65. The highest BCUT2D eigenvalue weighted by atomic mass is 19.3. The molecule has 7 nitrogen and oxygen atoms in total. The lowest BCUT2D eigenvalue weighted by Gasteiger charge is -2.31. The van der Waals surface area contributed by atoms with E-state index >= 15 is 8.78 Å². The number of aliphatic hydroxyl groups is 1. The normalized spacial score (nSPS) is 18.6. The van der Waals surface area contributed by atoms with E-state index in [0.717, 1.165) is 6.92 Å². The number of nitrogens with one attached hydrogen (secondary N) is 1. The molecule has 3 aromatic rings. The zero-order valence-electron chi connectivity index (χ0n) is 21.2. The van der Waals surface area contributed by atoms with Crippen molar-refractivity contribution < 1.29 is 32.5 Å². The number of anilines is 1. The molecule has 1 aliphatic heterocycles. The van der Waals surface area contributed by atoms with E-state index in [-0.39, 0.29) is 40.8 Å². The monoisotopic (exact) mass is 529 g/mol. The molecular weight excluding hydrogens is 499 g/mol. The Balaban J connectivity index is 1.59. The summed E-state index contributed by atoms with van der Waals surface area (Å²) in [5.74, 6) is -3.87. The predicted octanol–water partition coefficient (Wildman–Crippen LogP) is 5.32. The summed E-state index contributed by atoms with van der Waals surface area (Å²) in [6, 6.07) is 9.20. The van der Waals surface area contributed by atoms with Crippen LogP contribution in [0, 0.1) is 12.8 Å². The number of hydrogen-bond donors (Lipinski definition) is 2. The van der Waals surface area contributed by atoms with Crippen LogP contribution in [-0.2, 0) is 10.7 Å². The summed E-state index contributed by atoms with van der Waals surface area (Å²) in [5, 5.41) is 13.2. The van der Waals surface area contributed by atoms with E-state index in [2.05, 4.69) is 15.3 Å². The number of alkyl halides is 3. The second kappa shape index (κ2) is 11.9. The molecular formula is C28H30F3N3O4. The van der Waals surface area contributed by atoms with Crippen LogP contribution in [0.3, 0.4) is 0 Å². The average Bonchev–Trinajstić information content (AvgIpc) is 2.92. The van der Waals surface area contributed by atoms with Gasteiger partial charge >= 0.3 is 0 Å². The molecule has 3 heterocycles. The van der Waals surface area contributed by atoms with Crippen molar-refractivity contribution in [3.63, 3.8) is 0 Å². The minimum Gasteiger partial charge on any atom is -0.475 e. The fourth-order valence-electron chi connectivity index (χ4n) is 4.65. The van der Waals surface area contributed by atoms with E-state index < -0.39 is 30.7 Å². The van der Waals surface area contributed by atoms with Crippen molar-refractivity contribution in [2.24, 2.45) is 5.92 Å². The molecule has 0 aliphatic carbocycles. The number of nitrogens with zero attached hydrogens (tertiary/aromatic N) is 2. The molecule has 1 amide bonds. The van der Waals surface area contributed by atoms with Gasteiger partial charge in [0.2, 0.25) is 5.88 Å². The zero-order valence-corrected chi connectivity index (χ0v) is 21.2. The van der Waals surface area contributed by atoms with Crippen LogP contribution < -0.4 is 10.1 Å². The van der Waals surface area contributed by atoms with Gasteiger partial charge in [0.15, 0.2) is 0 Å². The van der Waals surface area contributed by atoms with Crippen molar-refractivity contribution in [2.45, 2.75) is 44.8 Å². The number of halogens is 3. The molecule has 0 bridgehead atoms. The lowest BCUT2D eigenvalue weighted by molar-refractivity contribution is -0.0602. The molecule has 1 fully saturated rings. The Morgan fingerprint density at radius 3 is 2.71 bits per heavy atom. The first-order valence-corrected chi connectivity index (χ1v) is 12.4. The van der Waals surface area contributed by atoms with Gasteiger partial charge in [-0.25, -0.2) is 18.2 Å². The minimum atomic E-state index is -3.29. The van der Waals surface area contributed by atoms with Crippen LogP contribution in [0.4, 0.5) is 18.9 Å². The van der Waals surface area contributed by atoms with Gasteiger partial charge in [-0.1, -0.05) is 6.07 Å². The van der Waals surface area contributed by atoms with Gasteiger partial charge < -0.3 is 19.9 Å². The number of pyridine rings is 2. The summed E-state index contributed by atoms with van der Waals surface area (Å²) in [7, 11) is 0. The van der Waals surface area contributed by atoms with E-state index in [4.69, 9.17) is 9.47 Å². The largest absolute Gasteiger partial charge is 0.475 e. The predicted molar refractivity (Wildman–Crippen MR) is 136 cm³/mol. The van der Waals surface area contributed by atoms with Crippen LogP contribution in [0.2, 0.25) is 0 Å². The van der Waals surface area contributed by atoms with Gasteiger partial charge in [0, 0.05) is 43.8 Å². The number of ether oxygens (including phenoxy) is 2. The summed E-state index contributed by atoms with van der Waals surface area (Å²) in [6.07, 6.45) is 3.91. The first-order valence-electron chi connectivity index (χ1n) is 12.4. The molecule has 4 rings (SSSR count). The molecule has 1 aliphatic rings. The maximum Gasteiger partial charge on any atom is 0.273 e. The smallest absolute Gasteiger partial charge is 0.273 e. The standard InChI is InChI=1S/C28H30F3N3O4/c1-17-3-4-22(34-27(36)18-5-9-32-10-6-18)26(28(2,30)31)25(17)20-7-11-33-24(14-20)38-16-23(35)19-8-12-37-21(13-19)15-29/h3-7,9-11,14,19,21,23,35H,8,12-13,15-16H2,1-2H3,(H,34,36). The van der Waals surface area contributed by atoms with Crippen LogP contribution in [0.5, 0.6) is 5.88 Å². The van der Waals surface area contributed by atoms with Crippen LogP contribution >= 0.6 is 0 Å². The number of aryl methyl sites for hydroxylation is 1. The van der Waals surface area contributed by atoms with Crippen LogP contribution in [0.25, 0.3) is 11.1 Å². The highest BCUT2D eigenvalue weighted by molar-refractivity contribution is 6.05. The number of aromatic nitrogens is 2. The van der Waals surface area contributed by atoms with E-state index in [1.807, 2.05) is 0 Å². The zero-order chi connectivity index (χ0) is 27.3. The van der Waals surface area contributed by atoms with E-state index in [1.54, 1.807) is 19.1 Å². The van der Waals surface area contributed by atoms with Crippen molar-refractivity contribution in [1.82, 2.24) is 9.97 Å². The maximum absolute atomic E-state index is 15.0. The number of hydrogen-bond acceptors (Lipinski definition) is 6. The van der Waals surface area contributed by atoms with Gasteiger partial charge in [-0.15, -0.1) is 0 Å². The molecule has 0 radical (unpaired) electrons. The molecule has 1 saturated heterocycles. The number of aliphatic hydroxyl groups excluding tert-OH is 1. The lowest BCUT2D eigenvalue weighted by Crippen LogP contribution is -2.36. The molecule has 3 unspecified atom stereocenters. The molecule has 2 aromatic heterocycles. The third kappa shape index (κ3) is 6.49. The van der Waals surface area contributed by atoms with Crippen molar-refractivity contribution in [3.05, 3.63) is 71.7 Å². The molecule has 1 aromatic carbocycles. The molecule has 10 heteroatoms. The highest BCUT2D eigenvalue weighted by Crippen LogP contribution is 2.43. The van der Waals surface area contributed by atoms with Crippen LogP contribution in [0.15, 0.2) is 55.0 Å². The van der Waals surface area contributed by atoms with Crippen molar-refractivity contribution in [1.29, 1.82) is 0 Å². The fraction of sp³-hybridized carbons (Fsp3) is 0.393. The Bertz CT molecular complexity index is 1250. The quantitative estimate of drug-likeness (QED) is 0.390. The number of carbonyl (C=O) groups is 1. The van der Waals surface area contributed by atoms with E-state index in [0.29, 0.717) is 30.6 Å². The van der Waals surface area contributed by atoms with Crippen LogP contribution in [0.1, 0.15) is 41.3 Å². The number of carbonyl (C=O) groups excluding carboxylic acids is 1. The average molecular weight is 530 g/mol. The topological polar surface area (TPSA) is 93.6 Å². The first kappa shape index (κ1) is 27.5. The number of rotatable bonds is 9. The van der Waals surface area contributed by atoms with Crippen molar-refractivity contribution in [3.8, 4) is 17.0 Å². The molecule has 3 atom stereocenters. The Morgan fingerprint density at radius 2 is 2.00 bits per heavy atom. The molecule has 38 heavy (non-hydrogen) atoms. The van der Waals surface area contributed by atoms with Gasteiger partial charge in [-0.3, -0.25) is 9.78 Å². The third-order valence-corrected chi connectivity index (χ3v) is 6.59. The Kier molecular flexibility index (Phi) is 8.63. The minimum absolute atomic E-state index is 0.0171. The van der Waals surface area contributed by atoms with Crippen LogP contribution in [-0.4, -0.2) is 53.1 Å². The summed E-state index contributed by atoms with van der Waals surface area (Å²) < 4.78 is 54.1. The van der Waals surface area contributed by atoms with Gasteiger partial charge in [0.25, 0.3) is 11.8 Å². The van der Waals surface area contributed by atoms with Gasteiger partial charge in [0.05, 0.1) is 23.5 Å².